The molecule has 0 aliphatic rings. The molecule has 1 N–H and O–H groups in total. The Balaban J connectivity index is 1.88. The molecule has 0 unspecified atom stereocenters. The van der Waals surface area contributed by atoms with Crippen LogP contribution >= 0.6 is 0 Å². The number of para-hydroxylation sites is 1. The molecule has 162 valence electrons. The van der Waals surface area contributed by atoms with Gasteiger partial charge in [0.25, 0.3) is 5.91 Å². The normalized spacial score (nSPS) is 11.5. The number of hydrogen-bond acceptors (Lipinski definition) is 5. The Labute approximate surface area is 187 Å². The minimum absolute atomic E-state index is 0.00914. The van der Waals surface area contributed by atoms with Gasteiger partial charge in [-0.3, -0.25) is 4.79 Å². The lowest BCUT2D eigenvalue weighted by molar-refractivity contribution is -0.112. The Morgan fingerprint density at radius 2 is 1.66 bits per heavy atom. The number of carbonyl (C=O) groups is 1. The van der Waals surface area contributed by atoms with E-state index in [0.717, 1.165) is 16.7 Å². The topological polar surface area (TPSA) is 96.3 Å². The van der Waals surface area contributed by atoms with Crippen molar-refractivity contribution >= 4 is 27.8 Å². The van der Waals surface area contributed by atoms with E-state index in [0.29, 0.717) is 5.69 Å². The molecule has 32 heavy (non-hydrogen) atoms. The van der Waals surface area contributed by atoms with Crippen molar-refractivity contribution in [1.29, 1.82) is 5.26 Å². The number of rotatable bonds is 6. The molecule has 0 aliphatic carbocycles. The van der Waals surface area contributed by atoms with Gasteiger partial charge in [0.2, 0.25) is 0 Å². The fourth-order valence-electron chi connectivity index (χ4n) is 2.87. The van der Waals surface area contributed by atoms with Gasteiger partial charge in [-0.25, -0.2) is 0 Å². The molecule has 0 bridgehead atoms. The predicted octanol–water partition coefficient (Wildman–Crippen LogP) is 4.93. The van der Waals surface area contributed by atoms with Gasteiger partial charge in [-0.2, -0.15) is 13.7 Å². The van der Waals surface area contributed by atoms with Crippen LogP contribution in [0.2, 0.25) is 0 Å². The SMILES string of the molecule is Cc1ccc(S(=O)(=O)Oc2ccccc2/C=C(\C#N)C(=O)Nc2ccc(C)c(C)c2)cc1. The molecule has 6 nitrogen and oxygen atoms in total. The van der Waals surface area contributed by atoms with Gasteiger partial charge in [-0.15, -0.1) is 0 Å². The van der Waals surface area contributed by atoms with Gasteiger partial charge in [-0.1, -0.05) is 42.0 Å². The van der Waals surface area contributed by atoms with Crippen molar-refractivity contribution in [1.82, 2.24) is 0 Å². The highest BCUT2D eigenvalue weighted by molar-refractivity contribution is 7.87. The van der Waals surface area contributed by atoms with Crippen LogP contribution in [0.5, 0.6) is 5.75 Å². The average molecular weight is 447 g/mol. The van der Waals surface area contributed by atoms with Crippen molar-refractivity contribution in [2.75, 3.05) is 5.32 Å². The van der Waals surface area contributed by atoms with E-state index in [1.807, 2.05) is 39.0 Å². The Kier molecular flexibility index (Phi) is 6.76. The molecule has 0 heterocycles. The van der Waals surface area contributed by atoms with Gasteiger partial charge >= 0.3 is 10.1 Å². The molecule has 3 aromatic rings. The van der Waals surface area contributed by atoms with E-state index in [-0.39, 0.29) is 21.8 Å². The van der Waals surface area contributed by atoms with Gasteiger partial charge in [0.05, 0.1) is 0 Å². The fourth-order valence-corrected chi connectivity index (χ4v) is 3.82. The highest BCUT2D eigenvalue weighted by atomic mass is 32.2. The lowest BCUT2D eigenvalue weighted by atomic mass is 10.1. The van der Waals surface area contributed by atoms with Crippen LogP contribution in [-0.2, 0) is 14.9 Å². The first-order valence-corrected chi connectivity index (χ1v) is 11.2. The third kappa shape index (κ3) is 5.42. The quantitative estimate of drug-likeness (QED) is 0.329. The number of hydrogen-bond donors (Lipinski definition) is 1. The van der Waals surface area contributed by atoms with E-state index in [9.17, 15) is 18.5 Å². The van der Waals surface area contributed by atoms with Crippen LogP contribution in [0.15, 0.2) is 77.2 Å². The Hall–Kier alpha value is -3.89. The molecule has 0 fully saturated rings. The Morgan fingerprint density at radius 3 is 2.31 bits per heavy atom. The molecule has 0 saturated carbocycles. The molecule has 3 rings (SSSR count). The van der Waals surface area contributed by atoms with Gasteiger partial charge in [-0.05, 0) is 68.3 Å². The van der Waals surface area contributed by atoms with Crippen LogP contribution in [0.4, 0.5) is 5.69 Å². The number of nitrogens with zero attached hydrogens (tertiary/aromatic N) is 1. The summed E-state index contributed by atoms with van der Waals surface area (Å²) < 4.78 is 30.7. The molecule has 1 amide bonds. The number of nitrogens with one attached hydrogen (secondary N) is 1. The van der Waals surface area contributed by atoms with Crippen LogP contribution in [-0.4, -0.2) is 14.3 Å². The molecule has 3 aromatic carbocycles. The fraction of sp³-hybridized carbons (Fsp3) is 0.120. The second-order valence-electron chi connectivity index (χ2n) is 7.31. The van der Waals surface area contributed by atoms with Gasteiger partial charge in [0.1, 0.15) is 22.3 Å². The monoisotopic (exact) mass is 446 g/mol. The molecule has 0 radical (unpaired) electrons. The molecule has 0 atom stereocenters. The van der Waals surface area contributed by atoms with Crippen molar-refractivity contribution in [3.63, 3.8) is 0 Å². The summed E-state index contributed by atoms with van der Waals surface area (Å²) in [5.41, 5.74) is 3.67. The molecule has 0 spiro atoms. The van der Waals surface area contributed by atoms with Crippen LogP contribution in [0, 0.1) is 32.1 Å². The lowest BCUT2D eigenvalue weighted by Crippen LogP contribution is -2.14. The first-order valence-electron chi connectivity index (χ1n) is 9.80. The first-order chi connectivity index (χ1) is 15.2. The average Bonchev–Trinajstić information content (AvgIpc) is 2.75. The lowest BCUT2D eigenvalue weighted by Gasteiger charge is -2.10. The summed E-state index contributed by atoms with van der Waals surface area (Å²) in [5, 5.41) is 12.2. The minimum Gasteiger partial charge on any atom is -0.378 e. The summed E-state index contributed by atoms with van der Waals surface area (Å²) in [7, 11) is -4.09. The van der Waals surface area contributed by atoms with Gasteiger partial charge in [0.15, 0.2) is 0 Å². The largest absolute Gasteiger partial charge is 0.378 e. The Bertz CT molecular complexity index is 1340. The summed E-state index contributed by atoms with van der Waals surface area (Å²) in [6.07, 6.45) is 1.30. The zero-order valence-corrected chi connectivity index (χ0v) is 18.7. The molecule has 7 heteroatoms. The van der Waals surface area contributed by atoms with Crippen molar-refractivity contribution in [3.8, 4) is 11.8 Å². The number of nitriles is 1. The maximum atomic E-state index is 12.7. The molecular weight excluding hydrogens is 424 g/mol. The third-order valence-electron chi connectivity index (χ3n) is 4.86. The molecular formula is C25H22N2O4S. The summed E-state index contributed by atoms with van der Waals surface area (Å²) in [6, 6.07) is 19.9. The van der Waals surface area contributed by atoms with E-state index in [2.05, 4.69) is 5.32 Å². The second-order valence-corrected chi connectivity index (χ2v) is 8.86. The van der Waals surface area contributed by atoms with Crippen LogP contribution in [0.25, 0.3) is 6.08 Å². The second kappa shape index (κ2) is 9.50. The van der Waals surface area contributed by atoms with Crippen LogP contribution in [0.1, 0.15) is 22.3 Å². The van der Waals surface area contributed by atoms with Gasteiger partial charge in [0, 0.05) is 11.3 Å². The zero-order valence-electron chi connectivity index (χ0n) is 17.9. The molecule has 0 aliphatic heterocycles. The van der Waals surface area contributed by atoms with E-state index in [1.54, 1.807) is 36.4 Å². The van der Waals surface area contributed by atoms with Crippen molar-refractivity contribution in [2.45, 2.75) is 25.7 Å². The van der Waals surface area contributed by atoms with Crippen molar-refractivity contribution in [2.24, 2.45) is 0 Å². The van der Waals surface area contributed by atoms with E-state index in [1.165, 1.54) is 24.3 Å². The number of anilines is 1. The highest BCUT2D eigenvalue weighted by Crippen LogP contribution is 2.26. The van der Waals surface area contributed by atoms with E-state index in [4.69, 9.17) is 4.18 Å². The number of amides is 1. The highest BCUT2D eigenvalue weighted by Gasteiger charge is 2.19. The minimum atomic E-state index is -4.09. The summed E-state index contributed by atoms with van der Waals surface area (Å²) in [6.45, 7) is 5.74. The smallest absolute Gasteiger partial charge is 0.339 e. The number of aryl methyl sites for hydroxylation is 3. The summed E-state index contributed by atoms with van der Waals surface area (Å²) in [4.78, 5) is 12.6. The third-order valence-corrected chi connectivity index (χ3v) is 6.11. The Morgan fingerprint density at radius 1 is 0.969 bits per heavy atom. The standard InChI is InChI=1S/C25H22N2O4S/c1-17-8-12-23(13-9-17)32(29,30)31-24-7-5-4-6-20(24)15-21(16-26)25(28)27-22-11-10-18(2)19(3)14-22/h4-15H,1-3H3,(H,27,28)/b21-15+. The van der Waals surface area contributed by atoms with Crippen molar-refractivity contribution in [3.05, 3.63) is 94.6 Å². The first kappa shape index (κ1) is 22.8. The predicted molar refractivity (Wildman–Crippen MR) is 124 cm³/mol. The van der Waals surface area contributed by atoms with Crippen molar-refractivity contribution < 1.29 is 17.4 Å². The van der Waals surface area contributed by atoms with Crippen LogP contribution < -0.4 is 9.50 Å². The summed E-state index contributed by atoms with van der Waals surface area (Å²) >= 11 is 0. The number of carbonyl (C=O) groups excluding carboxylic acids is 1. The zero-order chi connectivity index (χ0) is 23.3. The maximum absolute atomic E-state index is 12.7. The molecule has 0 aromatic heterocycles. The van der Waals surface area contributed by atoms with Crippen LogP contribution in [0.3, 0.4) is 0 Å². The maximum Gasteiger partial charge on any atom is 0.339 e. The van der Waals surface area contributed by atoms with E-state index >= 15 is 0 Å². The molecule has 0 saturated heterocycles. The van der Waals surface area contributed by atoms with E-state index < -0.39 is 16.0 Å². The summed E-state index contributed by atoms with van der Waals surface area (Å²) in [5.74, 6) is -0.591. The van der Waals surface area contributed by atoms with Gasteiger partial charge < -0.3 is 9.50 Å². The number of benzene rings is 3.